The van der Waals surface area contributed by atoms with E-state index >= 15 is 0 Å². The summed E-state index contributed by atoms with van der Waals surface area (Å²) in [7, 11) is 0. The third kappa shape index (κ3) is 2.11. The third-order valence-corrected chi connectivity index (χ3v) is 2.49. The van der Waals surface area contributed by atoms with Crippen LogP contribution in [-0.2, 0) is 0 Å². The van der Waals surface area contributed by atoms with E-state index in [9.17, 15) is 0 Å². The molecule has 1 aromatic heterocycles. The van der Waals surface area contributed by atoms with Crippen molar-refractivity contribution in [2.75, 3.05) is 11.1 Å². The van der Waals surface area contributed by atoms with E-state index in [0.717, 1.165) is 28.5 Å². The molecule has 82 valence electrons. The Morgan fingerprint density at radius 2 is 2.00 bits per heavy atom. The van der Waals surface area contributed by atoms with Crippen LogP contribution >= 0.6 is 0 Å². The first-order valence-corrected chi connectivity index (χ1v) is 5.07. The molecule has 0 aliphatic carbocycles. The van der Waals surface area contributed by atoms with E-state index in [-0.39, 0.29) is 0 Å². The number of nitrogens with one attached hydrogen (secondary N) is 1. The molecular formula is C12H14N4. The average molecular weight is 214 g/mol. The molecule has 0 bridgehead atoms. The summed E-state index contributed by atoms with van der Waals surface area (Å²) in [6.45, 7) is 3.95. The van der Waals surface area contributed by atoms with Crippen LogP contribution in [0.5, 0.6) is 0 Å². The van der Waals surface area contributed by atoms with Gasteiger partial charge in [-0.25, -0.2) is 9.97 Å². The van der Waals surface area contributed by atoms with Crippen molar-refractivity contribution in [1.29, 1.82) is 0 Å². The Balaban J connectivity index is 2.31. The summed E-state index contributed by atoms with van der Waals surface area (Å²) in [4.78, 5) is 8.32. The van der Waals surface area contributed by atoms with Crippen LogP contribution in [0, 0.1) is 13.8 Å². The summed E-state index contributed by atoms with van der Waals surface area (Å²) in [6.07, 6.45) is 1.55. The average Bonchev–Trinajstić information content (AvgIpc) is 2.25. The van der Waals surface area contributed by atoms with Crippen LogP contribution in [0.2, 0.25) is 0 Å². The number of nitrogen functional groups attached to an aromatic ring is 1. The van der Waals surface area contributed by atoms with Gasteiger partial charge in [-0.1, -0.05) is 6.07 Å². The maximum absolute atomic E-state index is 5.71. The summed E-state index contributed by atoms with van der Waals surface area (Å²) < 4.78 is 0. The molecule has 0 aliphatic rings. The minimum absolute atomic E-state index is 0.730. The highest BCUT2D eigenvalue weighted by Crippen LogP contribution is 2.20. The molecule has 0 atom stereocenters. The second kappa shape index (κ2) is 4.18. The first-order chi connectivity index (χ1) is 7.66. The van der Waals surface area contributed by atoms with Gasteiger partial charge >= 0.3 is 0 Å². The SMILES string of the molecule is Cc1ncnc(Nc2cccc(N)c2)c1C. The van der Waals surface area contributed by atoms with Gasteiger partial charge in [-0.15, -0.1) is 0 Å². The van der Waals surface area contributed by atoms with Crippen LogP contribution < -0.4 is 11.1 Å². The third-order valence-electron chi connectivity index (χ3n) is 2.49. The van der Waals surface area contributed by atoms with Gasteiger partial charge in [-0.2, -0.15) is 0 Å². The van der Waals surface area contributed by atoms with E-state index < -0.39 is 0 Å². The summed E-state index contributed by atoms with van der Waals surface area (Å²) in [5.41, 5.74) is 9.39. The molecule has 4 nitrogen and oxygen atoms in total. The maximum atomic E-state index is 5.71. The Labute approximate surface area is 94.5 Å². The van der Waals surface area contributed by atoms with E-state index in [1.807, 2.05) is 38.1 Å². The Hall–Kier alpha value is -2.10. The predicted octanol–water partition coefficient (Wildman–Crippen LogP) is 2.42. The lowest BCUT2D eigenvalue weighted by Gasteiger charge is -2.09. The van der Waals surface area contributed by atoms with Gasteiger partial charge in [0.15, 0.2) is 0 Å². The second-order valence-corrected chi connectivity index (χ2v) is 3.68. The molecule has 0 spiro atoms. The largest absolute Gasteiger partial charge is 0.399 e. The number of aromatic nitrogens is 2. The van der Waals surface area contributed by atoms with Crippen molar-refractivity contribution in [2.45, 2.75) is 13.8 Å². The van der Waals surface area contributed by atoms with Gasteiger partial charge < -0.3 is 11.1 Å². The van der Waals surface area contributed by atoms with Crippen LogP contribution in [0.1, 0.15) is 11.3 Å². The summed E-state index contributed by atoms with van der Waals surface area (Å²) in [5.74, 6) is 0.818. The number of hydrogen-bond donors (Lipinski definition) is 2. The van der Waals surface area contributed by atoms with Gasteiger partial charge in [0.25, 0.3) is 0 Å². The van der Waals surface area contributed by atoms with Crippen molar-refractivity contribution < 1.29 is 0 Å². The van der Waals surface area contributed by atoms with Gasteiger partial charge in [0.05, 0.1) is 0 Å². The topological polar surface area (TPSA) is 63.8 Å². The van der Waals surface area contributed by atoms with Crippen molar-refractivity contribution in [2.24, 2.45) is 0 Å². The molecule has 0 aliphatic heterocycles. The molecule has 0 amide bonds. The quantitative estimate of drug-likeness (QED) is 0.753. The normalized spacial score (nSPS) is 10.1. The lowest BCUT2D eigenvalue weighted by Crippen LogP contribution is -2.00. The molecule has 1 heterocycles. The van der Waals surface area contributed by atoms with Crippen LogP contribution in [0.4, 0.5) is 17.2 Å². The van der Waals surface area contributed by atoms with E-state index in [2.05, 4.69) is 15.3 Å². The van der Waals surface area contributed by atoms with E-state index in [1.54, 1.807) is 6.33 Å². The van der Waals surface area contributed by atoms with Crippen molar-refractivity contribution in [3.05, 3.63) is 41.9 Å². The van der Waals surface area contributed by atoms with E-state index in [4.69, 9.17) is 5.73 Å². The van der Waals surface area contributed by atoms with Crippen LogP contribution in [-0.4, -0.2) is 9.97 Å². The molecule has 0 radical (unpaired) electrons. The number of nitrogens with zero attached hydrogens (tertiary/aromatic N) is 2. The number of rotatable bonds is 2. The molecule has 0 fully saturated rings. The highest BCUT2D eigenvalue weighted by molar-refractivity contribution is 5.63. The summed E-state index contributed by atoms with van der Waals surface area (Å²) in [6, 6.07) is 7.58. The van der Waals surface area contributed by atoms with Crippen molar-refractivity contribution in [1.82, 2.24) is 9.97 Å². The molecule has 2 aromatic rings. The fraction of sp³-hybridized carbons (Fsp3) is 0.167. The van der Waals surface area contributed by atoms with Crippen molar-refractivity contribution in [3.8, 4) is 0 Å². The first-order valence-electron chi connectivity index (χ1n) is 5.07. The lowest BCUT2D eigenvalue weighted by atomic mass is 10.2. The molecule has 2 rings (SSSR count). The van der Waals surface area contributed by atoms with Crippen LogP contribution in [0.15, 0.2) is 30.6 Å². The Morgan fingerprint density at radius 1 is 1.19 bits per heavy atom. The Morgan fingerprint density at radius 3 is 2.75 bits per heavy atom. The Kier molecular flexibility index (Phi) is 2.72. The molecule has 0 saturated carbocycles. The van der Waals surface area contributed by atoms with Gasteiger partial charge in [0.1, 0.15) is 12.1 Å². The number of nitrogens with two attached hydrogens (primary N) is 1. The number of anilines is 3. The fourth-order valence-electron chi connectivity index (χ4n) is 1.42. The van der Waals surface area contributed by atoms with E-state index in [0.29, 0.717) is 0 Å². The maximum Gasteiger partial charge on any atom is 0.136 e. The highest BCUT2D eigenvalue weighted by atomic mass is 15.0. The molecule has 16 heavy (non-hydrogen) atoms. The van der Waals surface area contributed by atoms with E-state index in [1.165, 1.54) is 0 Å². The smallest absolute Gasteiger partial charge is 0.136 e. The molecule has 0 saturated heterocycles. The zero-order chi connectivity index (χ0) is 11.5. The molecule has 0 unspecified atom stereocenters. The first kappa shape index (κ1) is 10.4. The lowest BCUT2D eigenvalue weighted by molar-refractivity contribution is 1.06. The van der Waals surface area contributed by atoms with Crippen LogP contribution in [0.3, 0.4) is 0 Å². The van der Waals surface area contributed by atoms with Crippen LogP contribution in [0.25, 0.3) is 0 Å². The standard InChI is InChI=1S/C12H14N4/c1-8-9(2)14-7-15-12(8)16-11-5-3-4-10(13)6-11/h3-7H,13H2,1-2H3,(H,14,15,16). The number of hydrogen-bond acceptors (Lipinski definition) is 4. The number of aryl methyl sites for hydroxylation is 1. The predicted molar refractivity (Wildman–Crippen MR) is 65.6 cm³/mol. The molecule has 4 heteroatoms. The Bertz CT molecular complexity index is 508. The monoisotopic (exact) mass is 214 g/mol. The molecule has 1 aromatic carbocycles. The van der Waals surface area contributed by atoms with Gasteiger partial charge in [-0.3, -0.25) is 0 Å². The van der Waals surface area contributed by atoms with Gasteiger partial charge in [-0.05, 0) is 32.0 Å². The zero-order valence-corrected chi connectivity index (χ0v) is 9.36. The van der Waals surface area contributed by atoms with Gasteiger partial charge in [0.2, 0.25) is 0 Å². The van der Waals surface area contributed by atoms with Crippen molar-refractivity contribution >= 4 is 17.2 Å². The highest BCUT2D eigenvalue weighted by Gasteiger charge is 2.03. The van der Waals surface area contributed by atoms with Crippen molar-refractivity contribution in [3.63, 3.8) is 0 Å². The minimum Gasteiger partial charge on any atom is -0.399 e. The molecular weight excluding hydrogens is 200 g/mol. The zero-order valence-electron chi connectivity index (χ0n) is 9.36. The number of benzene rings is 1. The summed E-state index contributed by atoms with van der Waals surface area (Å²) in [5, 5.41) is 3.22. The summed E-state index contributed by atoms with van der Waals surface area (Å²) >= 11 is 0. The van der Waals surface area contributed by atoms with Gasteiger partial charge in [0, 0.05) is 22.6 Å². The molecule has 3 N–H and O–H groups in total. The second-order valence-electron chi connectivity index (χ2n) is 3.68. The minimum atomic E-state index is 0.730. The fourth-order valence-corrected chi connectivity index (χ4v) is 1.42.